The van der Waals surface area contributed by atoms with Crippen LogP contribution in [0.25, 0.3) is 0 Å². The van der Waals surface area contributed by atoms with Crippen molar-refractivity contribution in [3.8, 4) is 5.75 Å². The molecule has 0 fully saturated rings. The minimum Gasteiger partial charge on any atom is -0.493 e. The van der Waals surface area contributed by atoms with Crippen molar-refractivity contribution in [1.29, 1.82) is 0 Å². The van der Waals surface area contributed by atoms with E-state index >= 15 is 0 Å². The van der Waals surface area contributed by atoms with E-state index in [1.54, 1.807) is 18.0 Å². The molecule has 0 unspecified atom stereocenters. The molecule has 0 aromatic carbocycles. The van der Waals surface area contributed by atoms with E-state index in [1.807, 2.05) is 20.8 Å². The number of aryl methyl sites for hydroxylation is 1. The van der Waals surface area contributed by atoms with Crippen molar-refractivity contribution in [2.75, 3.05) is 7.11 Å². The van der Waals surface area contributed by atoms with Crippen LogP contribution in [0.5, 0.6) is 5.75 Å². The fourth-order valence-electron chi connectivity index (χ4n) is 1.59. The van der Waals surface area contributed by atoms with Crippen LogP contribution in [0.4, 0.5) is 0 Å². The quantitative estimate of drug-likeness (QED) is 0.766. The lowest BCUT2D eigenvalue weighted by atomic mass is 9.97. The summed E-state index contributed by atoms with van der Waals surface area (Å²) < 4.78 is 6.80. The van der Waals surface area contributed by atoms with Gasteiger partial charge in [0.2, 0.25) is 0 Å². The van der Waals surface area contributed by atoms with Crippen molar-refractivity contribution in [3.63, 3.8) is 0 Å². The molecule has 0 spiro atoms. The van der Waals surface area contributed by atoms with Crippen molar-refractivity contribution < 1.29 is 9.53 Å². The summed E-state index contributed by atoms with van der Waals surface area (Å²) in [5.74, 6) is 0.561. The topological polar surface area (TPSA) is 70.1 Å². The molecular formula is C12H21N3O2. The van der Waals surface area contributed by atoms with Crippen molar-refractivity contribution in [3.05, 3.63) is 11.9 Å². The molecule has 1 aromatic heterocycles. The normalized spacial score (nSPS) is 11.6. The molecule has 5 heteroatoms. The maximum absolute atomic E-state index is 12.1. The van der Waals surface area contributed by atoms with Gasteiger partial charge in [0.25, 0.3) is 0 Å². The van der Waals surface area contributed by atoms with Crippen molar-refractivity contribution in [1.82, 2.24) is 9.78 Å². The van der Waals surface area contributed by atoms with Gasteiger partial charge in [0, 0.05) is 18.5 Å². The highest BCUT2D eigenvalue weighted by Gasteiger charge is 2.21. The van der Waals surface area contributed by atoms with Gasteiger partial charge in [0.1, 0.15) is 5.69 Å². The van der Waals surface area contributed by atoms with Gasteiger partial charge in [-0.15, -0.1) is 0 Å². The zero-order valence-corrected chi connectivity index (χ0v) is 11.0. The number of hydrogen-bond acceptors (Lipinski definition) is 4. The number of rotatable bonds is 6. The van der Waals surface area contributed by atoms with Crippen molar-refractivity contribution >= 4 is 5.78 Å². The lowest BCUT2D eigenvalue weighted by Gasteiger charge is -2.17. The number of ether oxygens (including phenoxy) is 1. The molecule has 0 radical (unpaired) electrons. The largest absolute Gasteiger partial charge is 0.493 e. The summed E-state index contributed by atoms with van der Waals surface area (Å²) >= 11 is 0. The van der Waals surface area contributed by atoms with Crippen LogP contribution in [0, 0.1) is 0 Å². The molecule has 0 saturated carbocycles. The number of Topliss-reactive ketones (excluding diaryl/α,β-unsaturated/α-hetero) is 1. The van der Waals surface area contributed by atoms with Crippen LogP contribution in [-0.4, -0.2) is 28.2 Å². The highest BCUT2D eigenvalue weighted by atomic mass is 16.5. The predicted molar refractivity (Wildman–Crippen MR) is 66.3 cm³/mol. The molecule has 96 valence electrons. The Kier molecular flexibility index (Phi) is 4.28. The summed E-state index contributed by atoms with van der Waals surface area (Å²) in [4.78, 5) is 12.1. The zero-order chi connectivity index (χ0) is 13.1. The summed E-state index contributed by atoms with van der Waals surface area (Å²) in [6, 6.07) is 0. The maximum atomic E-state index is 12.1. The van der Waals surface area contributed by atoms with Crippen LogP contribution < -0.4 is 10.5 Å². The Balaban J connectivity index is 2.84. The number of carbonyl (C=O) groups is 1. The second-order valence-corrected chi connectivity index (χ2v) is 4.79. The van der Waals surface area contributed by atoms with E-state index in [2.05, 4.69) is 5.10 Å². The molecule has 0 aliphatic rings. The van der Waals surface area contributed by atoms with Crippen molar-refractivity contribution in [2.45, 2.75) is 45.7 Å². The monoisotopic (exact) mass is 239 g/mol. The lowest BCUT2D eigenvalue weighted by Crippen LogP contribution is -2.32. The first kappa shape index (κ1) is 13.7. The Morgan fingerprint density at radius 1 is 1.59 bits per heavy atom. The summed E-state index contributed by atoms with van der Waals surface area (Å²) in [5.41, 5.74) is 6.08. The maximum Gasteiger partial charge on any atom is 0.184 e. The van der Waals surface area contributed by atoms with E-state index in [4.69, 9.17) is 10.5 Å². The number of methoxy groups -OCH3 is 1. The molecule has 17 heavy (non-hydrogen) atoms. The predicted octanol–water partition coefficient (Wildman–Crippen LogP) is 1.61. The zero-order valence-electron chi connectivity index (χ0n) is 11.0. The summed E-state index contributed by atoms with van der Waals surface area (Å²) in [6.07, 6.45) is 2.62. The molecular weight excluding hydrogens is 218 g/mol. The van der Waals surface area contributed by atoms with Gasteiger partial charge < -0.3 is 10.5 Å². The van der Waals surface area contributed by atoms with Gasteiger partial charge in [-0.1, -0.05) is 0 Å². The van der Waals surface area contributed by atoms with Crippen LogP contribution in [-0.2, 0) is 6.54 Å². The molecule has 0 aliphatic carbocycles. The lowest BCUT2D eigenvalue weighted by molar-refractivity contribution is 0.0959. The molecule has 0 bridgehead atoms. The molecule has 5 nitrogen and oxygen atoms in total. The van der Waals surface area contributed by atoms with E-state index < -0.39 is 0 Å². The van der Waals surface area contributed by atoms with E-state index in [9.17, 15) is 4.79 Å². The third kappa shape index (κ3) is 3.56. The van der Waals surface area contributed by atoms with Gasteiger partial charge in [-0.05, 0) is 27.2 Å². The van der Waals surface area contributed by atoms with Gasteiger partial charge in [-0.3, -0.25) is 9.48 Å². The SMILES string of the molecule is CCn1ncc(OC)c1C(=O)CCC(C)(C)N. The van der Waals surface area contributed by atoms with Gasteiger partial charge in [-0.2, -0.15) is 5.10 Å². The third-order valence-electron chi connectivity index (χ3n) is 2.59. The molecule has 0 saturated heterocycles. The Morgan fingerprint density at radius 3 is 2.71 bits per heavy atom. The number of nitrogens with zero attached hydrogens (tertiary/aromatic N) is 2. The molecule has 1 rings (SSSR count). The van der Waals surface area contributed by atoms with E-state index in [0.717, 1.165) is 0 Å². The van der Waals surface area contributed by atoms with E-state index in [1.165, 1.54) is 0 Å². The first-order valence-corrected chi connectivity index (χ1v) is 5.81. The minimum atomic E-state index is -0.333. The molecule has 1 aromatic rings. The Bertz CT molecular complexity index is 369. The second kappa shape index (κ2) is 5.31. The number of carbonyl (C=O) groups excluding carboxylic acids is 1. The van der Waals surface area contributed by atoms with E-state index in [-0.39, 0.29) is 11.3 Å². The van der Waals surface area contributed by atoms with Crippen LogP contribution in [0.2, 0.25) is 0 Å². The molecule has 1 heterocycles. The highest BCUT2D eigenvalue weighted by molar-refractivity contribution is 5.97. The van der Waals surface area contributed by atoms with Gasteiger partial charge in [0.15, 0.2) is 11.5 Å². The Labute approximate surface area is 102 Å². The average Bonchev–Trinajstić information content (AvgIpc) is 2.67. The van der Waals surface area contributed by atoms with Gasteiger partial charge in [-0.25, -0.2) is 0 Å². The summed E-state index contributed by atoms with van der Waals surface area (Å²) in [6.45, 7) is 6.41. The number of nitrogens with two attached hydrogens (primary N) is 1. The van der Waals surface area contributed by atoms with Crippen LogP contribution >= 0.6 is 0 Å². The van der Waals surface area contributed by atoms with Crippen molar-refractivity contribution in [2.24, 2.45) is 5.73 Å². The van der Waals surface area contributed by atoms with Crippen LogP contribution in [0.15, 0.2) is 6.20 Å². The first-order valence-electron chi connectivity index (χ1n) is 5.81. The smallest absolute Gasteiger partial charge is 0.184 e. The molecule has 0 aliphatic heterocycles. The fourth-order valence-corrected chi connectivity index (χ4v) is 1.59. The second-order valence-electron chi connectivity index (χ2n) is 4.79. The standard InChI is InChI=1S/C12H21N3O2/c1-5-15-11(10(17-4)8-14-15)9(16)6-7-12(2,3)13/h8H,5-7,13H2,1-4H3. The number of aromatic nitrogens is 2. The summed E-state index contributed by atoms with van der Waals surface area (Å²) in [7, 11) is 1.54. The number of ketones is 1. The molecule has 2 N–H and O–H groups in total. The van der Waals surface area contributed by atoms with Gasteiger partial charge in [0.05, 0.1) is 13.3 Å². The average molecular weight is 239 g/mol. The first-order chi connectivity index (χ1) is 7.89. The van der Waals surface area contributed by atoms with Gasteiger partial charge >= 0.3 is 0 Å². The van der Waals surface area contributed by atoms with Crippen LogP contribution in [0.1, 0.15) is 44.1 Å². The summed E-state index contributed by atoms with van der Waals surface area (Å²) in [5, 5.41) is 4.11. The Morgan fingerprint density at radius 2 is 2.24 bits per heavy atom. The molecule has 0 amide bonds. The molecule has 0 atom stereocenters. The third-order valence-corrected chi connectivity index (χ3v) is 2.59. The highest BCUT2D eigenvalue weighted by Crippen LogP contribution is 2.21. The van der Waals surface area contributed by atoms with E-state index in [0.29, 0.717) is 30.8 Å². The Hall–Kier alpha value is -1.36. The fraction of sp³-hybridized carbons (Fsp3) is 0.667. The van der Waals surface area contributed by atoms with Crippen LogP contribution in [0.3, 0.4) is 0 Å². The number of hydrogen-bond donors (Lipinski definition) is 1. The minimum absolute atomic E-state index is 0.0275.